The molecular formula is C15H23N3OS. The molecule has 0 aliphatic carbocycles. The van der Waals surface area contributed by atoms with Crippen molar-refractivity contribution >= 4 is 34.7 Å². The standard InChI is InChI=1S/C15H23N3OS/c1-20-8-4-2-3-7-17-14-10-13-11(9-12(14)16)5-6-15(19)18-13/h9-10,17H,2-8,16H2,1H3,(H,18,19). The number of thioether (sulfide) groups is 1. The average Bonchev–Trinajstić information content (AvgIpc) is 2.43. The number of nitrogens with one attached hydrogen (secondary N) is 2. The number of aryl methyl sites for hydroxylation is 1. The molecule has 0 saturated heterocycles. The highest BCUT2D eigenvalue weighted by Crippen LogP contribution is 2.31. The Morgan fingerprint density at radius 3 is 2.95 bits per heavy atom. The highest BCUT2D eigenvalue weighted by Gasteiger charge is 2.16. The Balaban J connectivity index is 1.88. The van der Waals surface area contributed by atoms with Crippen LogP contribution >= 0.6 is 11.8 Å². The fourth-order valence-corrected chi connectivity index (χ4v) is 2.86. The zero-order chi connectivity index (χ0) is 14.4. The zero-order valence-corrected chi connectivity index (χ0v) is 12.8. The second kappa shape index (κ2) is 7.43. The first-order valence-electron chi connectivity index (χ1n) is 7.16. The molecule has 1 amide bonds. The SMILES string of the molecule is CSCCCCCNc1cc2c(cc1N)CCC(=O)N2. The maximum Gasteiger partial charge on any atom is 0.224 e. The monoisotopic (exact) mass is 293 g/mol. The van der Waals surface area contributed by atoms with Gasteiger partial charge in [-0.3, -0.25) is 4.79 Å². The van der Waals surface area contributed by atoms with Crippen molar-refractivity contribution in [2.24, 2.45) is 0 Å². The third-order valence-corrected chi connectivity index (χ3v) is 4.21. The molecule has 0 saturated carbocycles. The van der Waals surface area contributed by atoms with Gasteiger partial charge in [-0.15, -0.1) is 0 Å². The lowest BCUT2D eigenvalue weighted by molar-refractivity contribution is -0.116. The van der Waals surface area contributed by atoms with Crippen molar-refractivity contribution in [1.29, 1.82) is 0 Å². The maximum absolute atomic E-state index is 11.4. The van der Waals surface area contributed by atoms with E-state index in [9.17, 15) is 4.79 Å². The van der Waals surface area contributed by atoms with Crippen molar-refractivity contribution in [3.8, 4) is 0 Å². The zero-order valence-electron chi connectivity index (χ0n) is 12.0. The molecule has 1 heterocycles. The molecule has 0 radical (unpaired) electrons. The van der Waals surface area contributed by atoms with Gasteiger partial charge in [0.25, 0.3) is 0 Å². The van der Waals surface area contributed by atoms with Gasteiger partial charge in [-0.1, -0.05) is 6.42 Å². The summed E-state index contributed by atoms with van der Waals surface area (Å²) in [6.45, 7) is 0.922. The van der Waals surface area contributed by atoms with Crippen molar-refractivity contribution in [2.75, 3.05) is 34.9 Å². The number of rotatable bonds is 7. The van der Waals surface area contributed by atoms with Gasteiger partial charge < -0.3 is 16.4 Å². The smallest absolute Gasteiger partial charge is 0.224 e. The molecule has 0 fully saturated rings. The fourth-order valence-electron chi connectivity index (χ4n) is 2.37. The summed E-state index contributed by atoms with van der Waals surface area (Å²) in [5.74, 6) is 1.32. The normalized spacial score (nSPS) is 13.8. The summed E-state index contributed by atoms with van der Waals surface area (Å²) in [6.07, 6.45) is 7.10. The summed E-state index contributed by atoms with van der Waals surface area (Å²) in [6, 6.07) is 3.94. The van der Waals surface area contributed by atoms with Gasteiger partial charge in [0.15, 0.2) is 0 Å². The third-order valence-electron chi connectivity index (χ3n) is 3.51. The summed E-state index contributed by atoms with van der Waals surface area (Å²) in [4.78, 5) is 11.4. The summed E-state index contributed by atoms with van der Waals surface area (Å²) >= 11 is 1.89. The Kier molecular flexibility index (Phi) is 5.59. The Bertz CT molecular complexity index is 476. The predicted molar refractivity (Wildman–Crippen MR) is 88.5 cm³/mol. The molecule has 0 bridgehead atoms. The lowest BCUT2D eigenvalue weighted by Gasteiger charge is -2.19. The van der Waals surface area contributed by atoms with Crippen LogP contribution < -0.4 is 16.4 Å². The molecule has 1 aromatic rings. The lowest BCUT2D eigenvalue weighted by atomic mass is 10.0. The van der Waals surface area contributed by atoms with Gasteiger partial charge in [0.05, 0.1) is 11.4 Å². The molecule has 0 unspecified atom stereocenters. The maximum atomic E-state index is 11.4. The number of anilines is 3. The molecule has 110 valence electrons. The van der Waals surface area contributed by atoms with Crippen molar-refractivity contribution in [2.45, 2.75) is 32.1 Å². The minimum atomic E-state index is 0.0882. The summed E-state index contributed by atoms with van der Waals surface area (Å²) < 4.78 is 0. The number of fused-ring (bicyclic) bond motifs is 1. The van der Waals surface area contributed by atoms with E-state index in [0.29, 0.717) is 6.42 Å². The molecule has 4 nitrogen and oxygen atoms in total. The molecule has 1 aliphatic heterocycles. The molecule has 0 aromatic heterocycles. The second-order valence-corrected chi connectivity index (χ2v) is 6.11. The molecule has 4 N–H and O–H groups in total. The van der Waals surface area contributed by atoms with Crippen LogP contribution in [0.25, 0.3) is 0 Å². The third kappa shape index (κ3) is 4.07. The molecule has 0 atom stereocenters. The van der Waals surface area contributed by atoms with E-state index in [2.05, 4.69) is 16.9 Å². The summed E-state index contributed by atoms with van der Waals surface area (Å²) in [5, 5.41) is 6.28. The Morgan fingerprint density at radius 1 is 1.30 bits per heavy atom. The number of hydrogen-bond acceptors (Lipinski definition) is 4. The first kappa shape index (κ1) is 15.0. The van der Waals surface area contributed by atoms with Crippen LogP contribution in [0.15, 0.2) is 12.1 Å². The number of hydrogen-bond donors (Lipinski definition) is 3. The number of nitrogen functional groups attached to an aromatic ring is 1. The van der Waals surface area contributed by atoms with E-state index in [0.717, 1.165) is 42.0 Å². The summed E-state index contributed by atoms with van der Waals surface area (Å²) in [5.41, 5.74) is 9.79. The lowest BCUT2D eigenvalue weighted by Crippen LogP contribution is -2.19. The van der Waals surface area contributed by atoms with E-state index < -0.39 is 0 Å². The van der Waals surface area contributed by atoms with E-state index in [1.165, 1.54) is 18.6 Å². The van der Waals surface area contributed by atoms with E-state index in [4.69, 9.17) is 5.73 Å². The van der Waals surface area contributed by atoms with Crippen LogP contribution in [-0.2, 0) is 11.2 Å². The fraction of sp³-hybridized carbons (Fsp3) is 0.533. The quantitative estimate of drug-likeness (QED) is 0.534. The van der Waals surface area contributed by atoms with Gasteiger partial charge in [0, 0.05) is 18.7 Å². The van der Waals surface area contributed by atoms with Crippen LogP contribution in [-0.4, -0.2) is 24.5 Å². The first-order valence-corrected chi connectivity index (χ1v) is 8.55. The molecule has 20 heavy (non-hydrogen) atoms. The number of unbranched alkanes of at least 4 members (excludes halogenated alkanes) is 2. The molecule has 1 aliphatic rings. The number of carbonyl (C=O) groups is 1. The van der Waals surface area contributed by atoms with Crippen molar-refractivity contribution < 1.29 is 4.79 Å². The van der Waals surface area contributed by atoms with Crippen LogP contribution in [0.2, 0.25) is 0 Å². The average molecular weight is 293 g/mol. The van der Waals surface area contributed by atoms with Crippen LogP contribution in [0.5, 0.6) is 0 Å². The second-order valence-electron chi connectivity index (χ2n) is 5.13. The van der Waals surface area contributed by atoms with Crippen molar-refractivity contribution in [1.82, 2.24) is 0 Å². The van der Waals surface area contributed by atoms with E-state index >= 15 is 0 Å². The molecule has 2 rings (SSSR count). The van der Waals surface area contributed by atoms with Gasteiger partial charge in [-0.25, -0.2) is 0 Å². The molecule has 0 spiro atoms. The van der Waals surface area contributed by atoms with E-state index in [-0.39, 0.29) is 5.91 Å². The van der Waals surface area contributed by atoms with Gasteiger partial charge >= 0.3 is 0 Å². The van der Waals surface area contributed by atoms with E-state index in [1.807, 2.05) is 23.9 Å². The number of nitrogens with two attached hydrogens (primary N) is 1. The molecule has 1 aromatic carbocycles. The predicted octanol–water partition coefficient (Wildman–Crippen LogP) is 3.10. The van der Waals surface area contributed by atoms with Crippen molar-refractivity contribution in [3.63, 3.8) is 0 Å². The largest absolute Gasteiger partial charge is 0.397 e. The van der Waals surface area contributed by atoms with E-state index in [1.54, 1.807) is 0 Å². The highest BCUT2D eigenvalue weighted by atomic mass is 32.2. The number of benzene rings is 1. The minimum Gasteiger partial charge on any atom is -0.397 e. The Hall–Kier alpha value is -1.36. The Morgan fingerprint density at radius 2 is 2.15 bits per heavy atom. The molecule has 5 heteroatoms. The molecular weight excluding hydrogens is 270 g/mol. The topological polar surface area (TPSA) is 67.1 Å². The first-order chi connectivity index (χ1) is 9.70. The number of carbonyl (C=O) groups excluding carboxylic acids is 1. The minimum absolute atomic E-state index is 0.0882. The van der Waals surface area contributed by atoms with Crippen molar-refractivity contribution in [3.05, 3.63) is 17.7 Å². The highest BCUT2D eigenvalue weighted by molar-refractivity contribution is 7.98. The summed E-state index contributed by atoms with van der Waals surface area (Å²) in [7, 11) is 0. The van der Waals surface area contributed by atoms with Crippen LogP contribution in [0.3, 0.4) is 0 Å². The number of amides is 1. The van der Waals surface area contributed by atoms with Gasteiger partial charge in [0.1, 0.15) is 0 Å². The van der Waals surface area contributed by atoms with Crippen LogP contribution in [0.1, 0.15) is 31.2 Å². The van der Waals surface area contributed by atoms with Gasteiger partial charge in [0.2, 0.25) is 5.91 Å². The van der Waals surface area contributed by atoms with Gasteiger partial charge in [-0.05, 0) is 49.0 Å². The van der Waals surface area contributed by atoms with Crippen LogP contribution in [0, 0.1) is 0 Å². The Labute approximate surface area is 124 Å². The van der Waals surface area contributed by atoms with Gasteiger partial charge in [-0.2, -0.15) is 11.8 Å². The van der Waals surface area contributed by atoms with Crippen LogP contribution in [0.4, 0.5) is 17.1 Å².